The summed E-state index contributed by atoms with van der Waals surface area (Å²) >= 11 is 0. The molecule has 1 aliphatic carbocycles. The second-order valence-electron chi connectivity index (χ2n) is 6.59. The molecule has 2 aromatic rings. The largest absolute Gasteiger partial charge is 0.493 e. The van der Waals surface area contributed by atoms with Crippen molar-refractivity contribution >= 4 is 11.8 Å². The number of hydrazone groups is 1. The molecule has 8 heteroatoms. The topological polar surface area (TPSA) is 89.0 Å². The Kier molecular flexibility index (Phi) is 4.47. The van der Waals surface area contributed by atoms with Crippen LogP contribution in [0.4, 0.5) is 0 Å². The van der Waals surface area contributed by atoms with Gasteiger partial charge in [-0.3, -0.25) is 9.89 Å². The monoisotopic (exact) mass is 370 g/mol. The Hall–Kier alpha value is -3.03. The molecule has 0 saturated heterocycles. The molecule has 27 heavy (non-hydrogen) atoms. The number of ether oxygens (including phenoxy) is 3. The van der Waals surface area contributed by atoms with E-state index in [2.05, 4.69) is 15.3 Å². The minimum Gasteiger partial charge on any atom is -0.493 e. The molecule has 0 radical (unpaired) electrons. The number of nitrogens with one attached hydrogen (secondary N) is 1. The summed E-state index contributed by atoms with van der Waals surface area (Å²) in [5.41, 5.74) is 3.70. The van der Waals surface area contributed by atoms with E-state index in [0.29, 0.717) is 23.1 Å². The fraction of sp³-hybridized carbons (Fsp3) is 0.421. The lowest BCUT2D eigenvalue weighted by Gasteiger charge is -2.20. The van der Waals surface area contributed by atoms with Crippen molar-refractivity contribution in [2.75, 3.05) is 14.2 Å². The summed E-state index contributed by atoms with van der Waals surface area (Å²) in [5, 5.41) is 13.2. The number of aromatic nitrogens is 2. The Labute approximate surface area is 157 Å². The van der Waals surface area contributed by atoms with Crippen LogP contribution in [0.3, 0.4) is 0 Å². The van der Waals surface area contributed by atoms with E-state index in [1.807, 2.05) is 6.07 Å². The first-order chi connectivity index (χ1) is 13.1. The molecule has 1 N–H and O–H groups in total. The molecule has 1 atom stereocenters. The predicted octanol–water partition coefficient (Wildman–Crippen LogP) is 2.54. The SMILES string of the molecule is COc1ccc([C@@H]2OC(c3n[nH]c4c3CCCC4)=NN2C(C)=O)cc1OC. The minimum atomic E-state index is -0.673. The number of amides is 1. The molecule has 1 aliphatic heterocycles. The van der Waals surface area contributed by atoms with Crippen molar-refractivity contribution in [2.24, 2.45) is 5.10 Å². The van der Waals surface area contributed by atoms with Gasteiger partial charge in [0.2, 0.25) is 12.1 Å². The Morgan fingerprint density at radius 3 is 2.74 bits per heavy atom. The van der Waals surface area contributed by atoms with E-state index in [1.54, 1.807) is 26.4 Å². The highest BCUT2D eigenvalue weighted by Gasteiger charge is 2.36. The van der Waals surface area contributed by atoms with Gasteiger partial charge in [0, 0.05) is 23.7 Å². The lowest BCUT2D eigenvalue weighted by Crippen LogP contribution is -2.25. The third-order valence-corrected chi connectivity index (χ3v) is 4.92. The molecule has 8 nitrogen and oxygen atoms in total. The van der Waals surface area contributed by atoms with E-state index < -0.39 is 6.23 Å². The minimum absolute atomic E-state index is 0.214. The van der Waals surface area contributed by atoms with Gasteiger partial charge < -0.3 is 14.2 Å². The molecule has 0 fully saturated rings. The van der Waals surface area contributed by atoms with Gasteiger partial charge in [-0.15, -0.1) is 5.10 Å². The van der Waals surface area contributed by atoms with E-state index in [9.17, 15) is 4.79 Å². The number of hydrogen-bond donors (Lipinski definition) is 1. The van der Waals surface area contributed by atoms with Crippen molar-refractivity contribution in [3.8, 4) is 11.5 Å². The molecule has 142 valence electrons. The smallest absolute Gasteiger partial charge is 0.262 e. The van der Waals surface area contributed by atoms with Gasteiger partial charge in [-0.2, -0.15) is 10.1 Å². The zero-order chi connectivity index (χ0) is 19.0. The quantitative estimate of drug-likeness (QED) is 0.893. The van der Waals surface area contributed by atoms with Crippen molar-refractivity contribution in [3.63, 3.8) is 0 Å². The van der Waals surface area contributed by atoms with Gasteiger partial charge in [0.05, 0.1) is 14.2 Å². The van der Waals surface area contributed by atoms with Crippen molar-refractivity contribution in [2.45, 2.75) is 38.8 Å². The van der Waals surface area contributed by atoms with Crippen molar-refractivity contribution < 1.29 is 19.0 Å². The first-order valence-corrected chi connectivity index (χ1v) is 8.96. The zero-order valence-electron chi connectivity index (χ0n) is 15.6. The summed E-state index contributed by atoms with van der Waals surface area (Å²) in [5.74, 6) is 1.32. The lowest BCUT2D eigenvalue weighted by molar-refractivity contribution is -0.135. The highest BCUT2D eigenvalue weighted by atomic mass is 16.5. The summed E-state index contributed by atoms with van der Waals surface area (Å²) in [6.07, 6.45) is 3.50. The Morgan fingerprint density at radius 2 is 2.00 bits per heavy atom. The molecule has 0 saturated carbocycles. The van der Waals surface area contributed by atoms with Crippen LogP contribution in [0.2, 0.25) is 0 Å². The molecule has 2 aliphatic rings. The number of benzene rings is 1. The first kappa shape index (κ1) is 17.4. The second-order valence-corrected chi connectivity index (χ2v) is 6.59. The Balaban J connectivity index is 1.68. The van der Waals surface area contributed by atoms with Gasteiger partial charge in [0.15, 0.2) is 17.2 Å². The summed E-state index contributed by atoms with van der Waals surface area (Å²) in [6.45, 7) is 1.46. The molecule has 2 heterocycles. The van der Waals surface area contributed by atoms with Gasteiger partial charge in [0.1, 0.15) is 0 Å². The fourth-order valence-electron chi connectivity index (χ4n) is 3.54. The summed E-state index contributed by atoms with van der Waals surface area (Å²) < 4.78 is 16.7. The third-order valence-electron chi connectivity index (χ3n) is 4.92. The normalized spacial score (nSPS) is 18.6. The number of carbonyl (C=O) groups excluding carboxylic acids is 1. The molecular formula is C19H22N4O4. The number of hydrogen-bond acceptors (Lipinski definition) is 6. The van der Waals surface area contributed by atoms with Gasteiger partial charge in [0.25, 0.3) is 5.90 Å². The van der Waals surface area contributed by atoms with E-state index in [0.717, 1.165) is 42.5 Å². The van der Waals surface area contributed by atoms with Crippen LogP contribution in [0.25, 0.3) is 0 Å². The second kappa shape index (κ2) is 6.94. The highest BCUT2D eigenvalue weighted by molar-refractivity contribution is 5.96. The summed E-state index contributed by atoms with van der Waals surface area (Å²) in [6, 6.07) is 5.41. The number of aromatic amines is 1. The number of nitrogens with zero attached hydrogens (tertiary/aromatic N) is 3. The molecule has 0 bridgehead atoms. The lowest BCUT2D eigenvalue weighted by atomic mass is 9.96. The molecule has 1 amide bonds. The number of H-pyrrole nitrogens is 1. The number of carbonyl (C=O) groups is 1. The average molecular weight is 370 g/mol. The van der Waals surface area contributed by atoms with Gasteiger partial charge in [-0.05, 0) is 43.9 Å². The van der Waals surface area contributed by atoms with Crippen LogP contribution in [0.5, 0.6) is 11.5 Å². The molecular weight excluding hydrogens is 348 g/mol. The summed E-state index contributed by atoms with van der Waals surface area (Å²) in [7, 11) is 3.14. The van der Waals surface area contributed by atoms with Crippen LogP contribution in [0, 0.1) is 0 Å². The van der Waals surface area contributed by atoms with E-state index in [-0.39, 0.29) is 5.91 Å². The van der Waals surface area contributed by atoms with Crippen molar-refractivity contribution in [1.82, 2.24) is 15.2 Å². The maximum Gasteiger partial charge on any atom is 0.262 e. The standard InChI is InChI=1S/C19H22N4O4/c1-11(24)23-19(12-8-9-15(25-2)16(10-12)26-3)27-18(22-23)17-13-6-4-5-7-14(13)20-21-17/h8-10,19H,4-7H2,1-3H3,(H,20,21)/t19-/m0/s1. The maximum atomic E-state index is 12.2. The molecule has 0 unspecified atom stereocenters. The first-order valence-electron chi connectivity index (χ1n) is 8.96. The molecule has 4 rings (SSSR count). The van der Waals surface area contributed by atoms with Crippen LogP contribution in [0.1, 0.15) is 48.5 Å². The van der Waals surface area contributed by atoms with Crippen LogP contribution in [-0.2, 0) is 22.4 Å². The number of methoxy groups -OCH3 is 2. The van der Waals surface area contributed by atoms with Crippen LogP contribution < -0.4 is 9.47 Å². The van der Waals surface area contributed by atoms with Crippen LogP contribution in [0.15, 0.2) is 23.3 Å². The molecule has 1 aromatic carbocycles. The van der Waals surface area contributed by atoms with E-state index in [4.69, 9.17) is 14.2 Å². The van der Waals surface area contributed by atoms with Gasteiger partial charge in [-0.1, -0.05) is 0 Å². The highest BCUT2D eigenvalue weighted by Crippen LogP contribution is 2.36. The maximum absolute atomic E-state index is 12.2. The molecule has 0 spiro atoms. The van der Waals surface area contributed by atoms with Crippen LogP contribution >= 0.6 is 0 Å². The molecule has 1 aromatic heterocycles. The number of aryl methyl sites for hydroxylation is 1. The van der Waals surface area contributed by atoms with E-state index >= 15 is 0 Å². The average Bonchev–Trinajstić information content (AvgIpc) is 3.31. The summed E-state index contributed by atoms with van der Waals surface area (Å²) in [4.78, 5) is 12.2. The Morgan fingerprint density at radius 1 is 1.22 bits per heavy atom. The van der Waals surface area contributed by atoms with Gasteiger partial charge in [-0.25, -0.2) is 0 Å². The van der Waals surface area contributed by atoms with Crippen molar-refractivity contribution in [3.05, 3.63) is 40.7 Å². The predicted molar refractivity (Wildman–Crippen MR) is 97.7 cm³/mol. The van der Waals surface area contributed by atoms with Crippen molar-refractivity contribution in [1.29, 1.82) is 0 Å². The van der Waals surface area contributed by atoms with Crippen LogP contribution in [-0.4, -0.2) is 41.2 Å². The fourth-order valence-corrected chi connectivity index (χ4v) is 3.54. The third kappa shape index (κ3) is 3.01. The number of fused-ring (bicyclic) bond motifs is 1. The number of rotatable bonds is 4. The Bertz CT molecular complexity index is 905. The van der Waals surface area contributed by atoms with E-state index in [1.165, 1.54) is 11.9 Å². The zero-order valence-corrected chi connectivity index (χ0v) is 15.6. The van der Waals surface area contributed by atoms with Gasteiger partial charge >= 0.3 is 0 Å².